The molecule has 0 aromatic heterocycles. The lowest BCUT2D eigenvalue weighted by Crippen LogP contribution is -2.51. The molecular formula is C25H36IN5O. The second-order valence-electron chi connectivity index (χ2n) is 8.20. The highest BCUT2D eigenvalue weighted by atomic mass is 127. The summed E-state index contributed by atoms with van der Waals surface area (Å²) in [6.45, 7) is 5.17. The monoisotopic (exact) mass is 549 g/mol. The van der Waals surface area contributed by atoms with Crippen molar-refractivity contribution in [2.75, 3.05) is 27.2 Å². The molecule has 3 N–H and O–H groups in total. The Morgan fingerprint density at radius 1 is 1.12 bits per heavy atom. The van der Waals surface area contributed by atoms with Crippen molar-refractivity contribution in [3.05, 3.63) is 71.3 Å². The van der Waals surface area contributed by atoms with E-state index in [0.717, 1.165) is 50.4 Å². The molecule has 0 radical (unpaired) electrons. The van der Waals surface area contributed by atoms with Gasteiger partial charge in [-0.05, 0) is 49.4 Å². The Labute approximate surface area is 209 Å². The highest BCUT2D eigenvalue weighted by Crippen LogP contribution is 2.20. The number of likely N-dealkylation sites (tertiary alicyclic amines) is 1. The maximum atomic E-state index is 11.8. The number of carbonyl (C=O) groups excluding carboxylic acids is 1. The van der Waals surface area contributed by atoms with Gasteiger partial charge in [-0.2, -0.15) is 0 Å². The first-order valence-electron chi connectivity index (χ1n) is 11.1. The van der Waals surface area contributed by atoms with Crippen LogP contribution in [-0.2, 0) is 13.0 Å². The quantitative estimate of drug-likeness (QED) is 0.281. The zero-order valence-electron chi connectivity index (χ0n) is 19.3. The van der Waals surface area contributed by atoms with Gasteiger partial charge in [0.15, 0.2) is 5.96 Å². The summed E-state index contributed by atoms with van der Waals surface area (Å²) < 4.78 is 0. The highest BCUT2D eigenvalue weighted by Gasteiger charge is 2.25. The van der Waals surface area contributed by atoms with E-state index >= 15 is 0 Å². The molecule has 2 aromatic carbocycles. The van der Waals surface area contributed by atoms with Crippen LogP contribution in [0, 0.1) is 0 Å². The molecule has 2 aromatic rings. The molecule has 3 rings (SSSR count). The van der Waals surface area contributed by atoms with E-state index in [-0.39, 0.29) is 29.9 Å². The molecule has 2 atom stereocenters. The Bertz CT molecular complexity index is 874. The summed E-state index contributed by atoms with van der Waals surface area (Å²) in [5.41, 5.74) is 3.20. The standard InChI is InChI=1S/C25H35N5O.HI/c1-19-16-23(13-15-30(19)18-21-8-5-4-6-9-21)29-25(27-3)28-14-12-20-10-7-11-22(17-20)24(31)26-2;/h4-11,17,19,23H,12-16,18H2,1-3H3,(H,26,31)(H2,27,28,29);1H. The molecule has 174 valence electrons. The summed E-state index contributed by atoms with van der Waals surface area (Å²) in [5, 5.41) is 9.68. The number of hydrogen-bond acceptors (Lipinski definition) is 3. The van der Waals surface area contributed by atoms with Crippen LogP contribution < -0.4 is 16.0 Å². The molecule has 0 spiro atoms. The fraction of sp³-hybridized carbons (Fsp3) is 0.440. The first-order chi connectivity index (χ1) is 15.1. The van der Waals surface area contributed by atoms with Gasteiger partial charge in [-0.25, -0.2) is 0 Å². The van der Waals surface area contributed by atoms with Crippen molar-refractivity contribution in [1.82, 2.24) is 20.9 Å². The number of carbonyl (C=O) groups is 1. The van der Waals surface area contributed by atoms with Crippen molar-refractivity contribution >= 4 is 35.8 Å². The van der Waals surface area contributed by atoms with Crippen molar-refractivity contribution in [3.63, 3.8) is 0 Å². The predicted octanol–water partition coefficient (Wildman–Crippen LogP) is 3.42. The van der Waals surface area contributed by atoms with Gasteiger partial charge in [0.05, 0.1) is 0 Å². The number of guanidine groups is 1. The largest absolute Gasteiger partial charge is 0.356 e. The molecule has 0 aliphatic carbocycles. The third-order valence-electron chi connectivity index (χ3n) is 5.93. The van der Waals surface area contributed by atoms with Crippen LogP contribution in [0.4, 0.5) is 0 Å². The Morgan fingerprint density at radius 3 is 2.56 bits per heavy atom. The minimum atomic E-state index is -0.0555. The molecule has 1 heterocycles. The maximum Gasteiger partial charge on any atom is 0.251 e. The number of nitrogens with one attached hydrogen (secondary N) is 3. The second kappa shape index (κ2) is 13.4. The molecule has 1 amide bonds. The number of benzene rings is 2. The lowest BCUT2D eigenvalue weighted by atomic mass is 9.97. The van der Waals surface area contributed by atoms with Gasteiger partial charge in [0, 0.05) is 51.4 Å². The topological polar surface area (TPSA) is 68.8 Å². The number of piperidine rings is 1. The fourth-order valence-corrected chi connectivity index (χ4v) is 4.13. The zero-order valence-corrected chi connectivity index (χ0v) is 21.6. The first kappa shape index (κ1) is 26.1. The van der Waals surface area contributed by atoms with Crippen LogP contribution >= 0.6 is 24.0 Å². The Hall–Kier alpha value is -2.13. The molecule has 1 aliphatic heterocycles. The van der Waals surface area contributed by atoms with E-state index in [1.54, 1.807) is 7.05 Å². The minimum absolute atomic E-state index is 0. The van der Waals surface area contributed by atoms with E-state index < -0.39 is 0 Å². The van der Waals surface area contributed by atoms with Crippen LogP contribution in [0.3, 0.4) is 0 Å². The highest BCUT2D eigenvalue weighted by molar-refractivity contribution is 14.0. The molecule has 7 heteroatoms. The number of aliphatic imine (C=N–C) groups is 1. The molecule has 32 heavy (non-hydrogen) atoms. The SMILES string of the molecule is CN=C(NCCc1cccc(C(=O)NC)c1)NC1CCN(Cc2ccccc2)C(C)C1.I. The van der Waals surface area contributed by atoms with Crippen molar-refractivity contribution in [3.8, 4) is 0 Å². The molecule has 1 aliphatic rings. The van der Waals surface area contributed by atoms with Gasteiger partial charge in [0.25, 0.3) is 5.91 Å². The molecule has 1 fully saturated rings. The number of nitrogens with zero attached hydrogens (tertiary/aromatic N) is 2. The third-order valence-corrected chi connectivity index (χ3v) is 5.93. The number of rotatable bonds is 7. The fourth-order valence-electron chi connectivity index (χ4n) is 4.13. The normalized spacial score (nSPS) is 19.0. The average Bonchev–Trinajstić information content (AvgIpc) is 2.80. The van der Waals surface area contributed by atoms with E-state index in [2.05, 4.69) is 69.2 Å². The summed E-state index contributed by atoms with van der Waals surface area (Å²) in [6, 6.07) is 19.4. The number of halogens is 1. The van der Waals surface area contributed by atoms with Crippen LogP contribution in [0.15, 0.2) is 59.6 Å². The van der Waals surface area contributed by atoms with Gasteiger partial charge < -0.3 is 16.0 Å². The summed E-state index contributed by atoms with van der Waals surface area (Å²) in [5.74, 6) is 0.788. The zero-order chi connectivity index (χ0) is 22.1. The molecule has 0 bridgehead atoms. The Morgan fingerprint density at radius 2 is 1.88 bits per heavy atom. The van der Waals surface area contributed by atoms with Crippen LogP contribution in [0.5, 0.6) is 0 Å². The van der Waals surface area contributed by atoms with Crippen molar-refractivity contribution in [1.29, 1.82) is 0 Å². The summed E-state index contributed by atoms with van der Waals surface area (Å²) in [4.78, 5) is 18.8. The first-order valence-corrected chi connectivity index (χ1v) is 11.1. The van der Waals surface area contributed by atoms with Gasteiger partial charge in [-0.3, -0.25) is 14.7 Å². The van der Waals surface area contributed by atoms with E-state index in [9.17, 15) is 4.79 Å². The minimum Gasteiger partial charge on any atom is -0.356 e. The van der Waals surface area contributed by atoms with Crippen LogP contribution in [0.2, 0.25) is 0 Å². The lowest BCUT2D eigenvalue weighted by Gasteiger charge is -2.38. The molecule has 6 nitrogen and oxygen atoms in total. The van der Waals surface area contributed by atoms with Gasteiger partial charge in [0.1, 0.15) is 0 Å². The van der Waals surface area contributed by atoms with Crippen molar-refractivity contribution in [2.45, 2.75) is 44.8 Å². The second-order valence-corrected chi connectivity index (χ2v) is 8.20. The third kappa shape index (κ3) is 7.78. The van der Waals surface area contributed by atoms with Gasteiger partial charge in [-0.1, -0.05) is 42.5 Å². The van der Waals surface area contributed by atoms with E-state index in [1.165, 1.54) is 5.56 Å². The molecule has 0 saturated carbocycles. The predicted molar refractivity (Wildman–Crippen MR) is 143 cm³/mol. The van der Waals surface area contributed by atoms with Crippen LogP contribution in [0.25, 0.3) is 0 Å². The number of hydrogen-bond donors (Lipinski definition) is 3. The van der Waals surface area contributed by atoms with Gasteiger partial charge in [0.2, 0.25) is 0 Å². The van der Waals surface area contributed by atoms with Crippen LogP contribution in [0.1, 0.15) is 41.3 Å². The van der Waals surface area contributed by atoms with Crippen molar-refractivity contribution in [2.24, 2.45) is 4.99 Å². The molecular weight excluding hydrogens is 513 g/mol. The van der Waals surface area contributed by atoms with Gasteiger partial charge >= 0.3 is 0 Å². The molecule has 2 unspecified atom stereocenters. The van der Waals surface area contributed by atoms with Gasteiger partial charge in [-0.15, -0.1) is 24.0 Å². The summed E-state index contributed by atoms with van der Waals surface area (Å²) >= 11 is 0. The maximum absolute atomic E-state index is 11.8. The lowest BCUT2D eigenvalue weighted by molar-refractivity contribution is 0.0963. The smallest absolute Gasteiger partial charge is 0.251 e. The van der Waals surface area contributed by atoms with Crippen molar-refractivity contribution < 1.29 is 4.79 Å². The Balaban J connectivity index is 0.00000363. The van der Waals surface area contributed by atoms with E-state index in [1.807, 2.05) is 25.2 Å². The van der Waals surface area contributed by atoms with E-state index in [0.29, 0.717) is 17.6 Å². The number of amides is 1. The van der Waals surface area contributed by atoms with E-state index in [4.69, 9.17) is 0 Å². The molecule has 1 saturated heterocycles. The average molecular weight is 550 g/mol. The summed E-state index contributed by atoms with van der Waals surface area (Å²) in [7, 11) is 3.47. The summed E-state index contributed by atoms with van der Waals surface area (Å²) in [6.07, 6.45) is 3.03. The van der Waals surface area contributed by atoms with Crippen LogP contribution in [-0.4, -0.2) is 56.0 Å². The Kier molecular flexibility index (Phi) is 11.0.